The van der Waals surface area contributed by atoms with Crippen LogP contribution in [0.15, 0.2) is 48.5 Å². The van der Waals surface area contributed by atoms with Gasteiger partial charge in [-0.25, -0.2) is 0 Å². The molecule has 1 N–H and O–H groups in total. The Morgan fingerprint density at radius 2 is 1.89 bits per heavy atom. The van der Waals surface area contributed by atoms with E-state index < -0.39 is 23.4 Å². The highest BCUT2D eigenvalue weighted by molar-refractivity contribution is 5.93. The standard InChI is InChI=1S/C20H19N3O5/c1-13-9-16(23(26)27)7-8-17(13)21-19(24)12-28-20(25)11-22-14(2)10-15-5-3-4-6-18(15)22/h3-10H,11-12H2,1-2H3,(H,21,24). The van der Waals surface area contributed by atoms with Gasteiger partial charge in [0, 0.05) is 29.0 Å². The monoisotopic (exact) mass is 381 g/mol. The molecule has 144 valence electrons. The van der Waals surface area contributed by atoms with Gasteiger partial charge in [-0.1, -0.05) is 18.2 Å². The number of nitro groups is 1. The van der Waals surface area contributed by atoms with Crippen molar-refractivity contribution < 1.29 is 19.2 Å². The number of ether oxygens (including phenoxy) is 1. The molecule has 0 aliphatic rings. The Morgan fingerprint density at radius 1 is 1.14 bits per heavy atom. The molecule has 0 saturated carbocycles. The van der Waals surface area contributed by atoms with E-state index in [2.05, 4.69) is 5.32 Å². The number of aryl methyl sites for hydroxylation is 2. The minimum absolute atomic E-state index is 0.00316. The lowest BCUT2D eigenvalue weighted by atomic mass is 10.2. The van der Waals surface area contributed by atoms with Crippen LogP contribution in [0.1, 0.15) is 11.3 Å². The molecule has 0 bridgehead atoms. The molecule has 1 heterocycles. The largest absolute Gasteiger partial charge is 0.454 e. The Morgan fingerprint density at radius 3 is 2.61 bits per heavy atom. The molecule has 0 atom stereocenters. The van der Waals surface area contributed by atoms with Crippen LogP contribution in [0.3, 0.4) is 0 Å². The third-order valence-electron chi connectivity index (χ3n) is 4.36. The number of anilines is 1. The zero-order valence-electron chi connectivity index (χ0n) is 15.5. The first-order chi connectivity index (χ1) is 13.3. The van der Waals surface area contributed by atoms with Gasteiger partial charge in [-0.05, 0) is 43.0 Å². The summed E-state index contributed by atoms with van der Waals surface area (Å²) >= 11 is 0. The number of fused-ring (bicyclic) bond motifs is 1. The summed E-state index contributed by atoms with van der Waals surface area (Å²) in [5.41, 5.74) is 2.76. The predicted octanol–water partition coefficient (Wildman–Crippen LogP) is 3.35. The fraction of sp³-hybridized carbons (Fsp3) is 0.200. The van der Waals surface area contributed by atoms with E-state index in [1.807, 2.05) is 41.8 Å². The normalized spacial score (nSPS) is 10.6. The second-order valence-corrected chi connectivity index (χ2v) is 6.40. The Hall–Kier alpha value is -3.68. The van der Waals surface area contributed by atoms with E-state index in [0.717, 1.165) is 16.6 Å². The molecule has 0 fully saturated rings. The topological polar surface area (TPSA) is 103 Å². The fourth-order valence-corrected chi connectivity index (χ4v) is 2.97. The number of esters is 1. The number of non-ortho nitro benzene ring substituents is 1. The molecule has 1 aromatic heterocycles. The summed E-state index contributed by atoms with van der Waals surface area (Å²) in [6.07, 6.45) is 0. The van der Waals surface area contributed by atoms with Crippen molar-refractivity contribution in [1.29, 1.82) is 0 Å². The summed E-state index contributed by atoms with van der Waals surface area (Å²) in [5.74, 6) is -1.04. The number of nitrogens with zero attached hydrogens (tertiary/aromatic N) is 2. The van der Waals surface area contributed by atoms with Crippen LogP contribution < -0.4 is 5.32 Å². The van der Waals surface area contributed by atoms with Crippen molar-refractivity contribution in [1.82, 2.24) is 4.57 Å². The molecule has 0 spiro atoms. The maximum absolute atomic E-state index is 12.2. The number of nitrogens with one attached hydrogen (secondary N) is 1. The Kier molecular flexibility index (Phi) is 5.39. The van der Waals surface area contributed by atoms with E-state index in [0.29, 0.717) is 11.3 Å². The Balaban J connectivity index is 1.58. The van der Waals surface area contributed by atoms with E-state index in [4.69, 9.17) is 4.74 Å². The molecular formula is C20H19N3O5. The van der Waals surface area contributed by atoms with Crippen LogP contribution in [-0.4, -0.2) is 28.0 Å². The van der Waals surface area contributed by atoms with Gasteiger partial charge in [0.05, 0.1) is 4.92 Å². The number of aromatic nitrogens is 1. The average molecular weight is 381 g/mol. The molecule has 0 saturated heterocycles. The lowest BCUT2D eigenvalue weighted by Crippen LogP contribution is -2.23. The number of nitro benzene ring substituents is 1. The van der Waals surface area contributed by atoms with E-state index >= 15 is 0 Å². The van der Waals surface area contributed by atoms with Crippen LogP contribution >= 0.6 is 0 Å². The van der Waals surface area contributed by atoms with E-state index in [9.17, 15) is 19.7 Å². The van der Waals surface area contributed by atoms with Gasteiger partial charge in [-0.15, -0.1) is 0 Å². The van der Waals surface area contributed by atoms with E-state index in [-0.39, 0.29) is 12.2 Å². The van der Waals surface area contributed by atoms with Gasteiger partial charge in [0.1, 0.15) is 6.54 Å². The molecule has 3 aromatic rings. The molecule has 0 aliphatic carbocycles. The number of rotatable bonds is 6. The highest BCUT2D eigenvalue weighted by Crippen LogP contribution is 2.21. The lowest BCUT2D eigenvalue weighted by molar-refractivity contribution is -0.384. The summed E-state index contributed by atoms with van der Waals surface area (Å²) in [4.78, 5) is 34.4. The van der Waals surface area contributed by atoms with Gasteiger partial charge in [0.25, 0.3) is 11.6 Å². The quantitative estimate of drug-likeness (QED) is 0.401. The number of carbonyl (C=O) groups excluding carboxylic acids is 2. The molecule has 3 rings (SSSR count). The number of benzene rings is 2. The van der Waals surface area contributed by atoms with Crippen molar-refractivity contribution in [3.63, 3.8) is 0 Å². The van der Waals surface area contributed by atoms with Gasteiger partial charge in [0.15, 0.2) is 6.61 Å². The van der Waals surface area contributed by atoms with Crippen molar-refractivity contribution in [3.05, 3.63) is 69.9 Å². The first kappa shape index (κ1) is 19.1. The third-order valence-corrected chi connectivity index (χ3v) is 4.36. The second kappa shape index (κ2) is 7.91. The van der Waals surface area contributed by atoms with Crippen LogP contribution in [-0.2, 0) is 20.9 Å². The summed E-state index contributed by atoms with van der Waals surface area (Å²) in [7, 11) is 0. The average Bonchev–Trinajstić information content (AvgIpc) is 2.97. The molecule has 8 heteroatoms. The summed E-state index contributed by atoms with van der Waals surface area (Å²) in [6.45, 7) is 3.11. The van der Waals surface area contributed by atoms with E-state index in [1.165, 1.54) is 18.2 Å². The Bertz CT molecular complexity index is 1070. The molecule has 28 heavy (non-hydrogen) atoms. The number of hydrogen-bond donors (Lipinski definition) is 1. The van der Waals surface area contributed by atoms with Crippen molar-refractivity contribution in [2.75, 3.05) is 11.9 Å². The summed E-state index contributed by atoms with van der Waals surface area (Å²) in [5, 5.41) is 14.4. The van der Waals surface area contributed by atoms with Gasteiger partial charge < -0.3 is 14.6 Å². The van der Waals surface area contributed by atoms with Gasteiger partial charge in [0.2, 0.25) is 0 Å². The van der Waals surface area contributed by atoms with Gasteiger partial charge in [-0.3, -0.25) is 19.7 Å². The number of carbonyl (C=O) groups is 2. The molecule has 0 unspecified atom stereocenters. The molecule has 2 aromatic carbocycles. The van der Waals surface area contributed by atoms with Crippen LogP contribution in [0, 0.1) is 24.0 Å². The van der Waals surface area contributed by atoms with Crippen molar-refractivity contribution in [2.24, 2.45) is 0 Å². The zero-order chi connectivity index (χ0) is 20.3. The van der Waals surface area contributed by atoms with Crippen LogP contribution in [0.25, 0.3) is 10.9 Å². The minimum Gasteiger partial charge on any atom is -0.454 e. The second-order valence-electron chi connectivity index (χ2n) is 6.40. The van der Waals surface area contributed by atoms with Crippen molar-refractivity contribution >= 4 is 34.2 Å². The number of hydrogen-bond acceptors (Lipinski definition) is 5. The van der Waals surface area contributed by atoms with E-state index in [1.54, 1.807) is 6.92 Å². The van der Waals surface area contributed by atoms with Crippen LogP contribution in [0.2, 0.25) is 0 Å². The van der Waals surface area contributed by atoms with Crippen LogP contribution in [0.4, 0.5) is 11.4 Å². The summed E-state index contributed by atoms with van der Waals surface area (Å²) in [6, 6.07) is 13.8. The molecular weight excluding hydrogens is 362 g/mol. The molecule has 1 amide bonds. The van der Waals surface area contributed by atoms with Crippen molar-refractivity contribution in [2.45, 2.75) is 20.4 Å². The zero-order valence-corrected chi connectivity index (χ0v) is 15.5. The summed E-state index contributed by atoms with van der Waals surface area (Å²) < 4.78 is 6.90. The van der Waals surface area contributed by atoms with Crippen LogP contribution in [0.5, 0.6) is 0 Å². The minimum atomic E-state index is -0.528. The SMILES string of the molecule is Cc1cc([N+](=O)[O-])ccc1NC(=O)COC(=O)Cn1c(C)cc2ccccc21. The van der Waals surface area contributed by atoms with Gasteiger partial charge in [-0.2, -0.15) is 0 Å². The lowest BCUT2D eigenvalue weighted by Gasteiger charge is -2.10. The Labute approximate surface area is 160 Å². The fourth-order valence-electron chi connectivity index (χ4n) is 2.97. The highest BCUT2D eigenvalue weighted by Gasteiger charge is 2.14. The highest BCUT2D eigenvalue weighted by atomic mass is 16.6. The number of para-hydroxylation sites is 1. The maximum atomic E-state index is 12.2. The van der Waals surface area contributed by atoms with Crippen molar-refractivity contribution in [3.8, 4) is 0 Å². The molecule has 0 aliphatic heterocycles. The van der Waals surface area contributed by atoms with Gasteiger partial charge >= 0.3 is 5.97 Å². The maximum Gasteiger partial charge on any atom is 0.326 e. The molecule has 0 radical (unpaired) electrons. The smallest absolute Gasteiger partial charge is 0.326 e. The number of amides is 1. The molecule has 8 nitrogen and oxygen atoms in total. The first-order valence-corrected chi connectivity index (χ1v) is 8.60. The third kappa shape index (κ3) is 4.17. The predicted molar refractivity (Wildman–Crippen MR) is 104 cm³/mol. The first-order valence-electron chi connectivity index (χ1n) is 8.60.